The van der Waals surface area contributed by atoms with Crippen LogP contribution >= 0.6 is 0 Å². The number of nitriles is 1. The van der Waals surface area contributed by atoms with Crippen LogP contribution in [0, 0.1) is 11.3 Å². The zero-order chi connectivity index (χ0) is 25.1. The van der Waals surface area contributed by atoms with Crippen LogP contribution in [0.15, 0.2) is 60.8 Å². The molecule has 0 saturated carbocycles. The minimum absolute atomic E-state index is 0.0147. The first-order valence-corrected chi connectivity index (χ1v) is 11.5. The molecule has 1 fully saturated rings. The van der Waals surface area contributed by atoms with Crippen molar-refractivity contribution < 1.29 is 28.4 Å². The molecule has 1 saturated heterocycles. The number of ether oxygens (including phenoxy) is 2. The van der Waals surface area contributed by atoms with Crippen LogP contribution in [0.1, 0.15) is 29.2 Å². The normalized spacial score (nSPS) is 17.8. The van der Waals surface area contributed by atoms with Crippen molar-refractivity contribution in [2.24, 2.45) is 0 Å². The van der Waals surface area contributed by atoms with Crippen LogP contribution in [-0.4, -0.2) is 49.1 Å². The number of aromatic nitrogens is 1. The molecule has 10 heteroatoms. The maximum atomic E-state index is 12.0. The van der Waals surface area contributed by atoms with E-state index in [1.54, 1.807) is 43.4 Å². The van der Waals surface area contributed by atoms with Crippen molar-refractivity contribution in [3.05, 3.63) is 77.5 Å². The molecule has 180 valence electrons. The molecule has 5 rings (SSSR count). The van der Waals surface area contributed by atoms with Crippen LogP contribution < -0.4 is 14.9 Å². The number of carbonyl (C=O) groups is 2. The number of fused-ring (bicyclic) bond motifs is 1. The molecular weight excluding hydrogens is 461 g/mol. The molecule has 0 amide bonds. The van der Waals surface area contributed by atoms with Gasteiger partial charge in [0.05, 0.1) is 18.7 Å². The number of benzene rings is 2. The summed E-state index contributed by atoms with van der Waals surface area (Å²) in [6.45, 7) is 0.0294. The van der Waals surface area contributed by atoms with Gasteiger partial charge in [0.2, 0.25) is 5.88 Å². The molecule has 0 spiro atoms. The van der Waals surface area contributed by atoms with E-state index >= 15 is 0 Å². The summed E-state index contributed by atoms with van der Waals surface area (Å²) in [7, 11) is 0.560. The molecule has 1 aromatic heterocycles. The fourth-order valence-corrected chi connectivity index (χ4v) is 4.26. The maximum absolute atomic E-state index is 12.0. The Morgan fingerprint density at radius 2 is 1.81 bits per heavy atom. The lowest BCUT2D eigenvalue weighted by molar-refractivity contribution is -0.145. The van der Waals surface area contributed by atoms with Crippen LogP contribution in [-0.2, 0) is 25.3 Å². The fraction of sp³-hybridized carbons (Fsp3) is 0.231. The van der Waals surface area contributed by atoms with E-state index in [0.29, 0.717) is 28.4 Å². The van der Waals surface area contributed by atoms with Crippen LogP contribution in [0.4, 0.5) is 0 Å². The second-order valence-corrected chi connectivity index (χ2v) is 8.62. The van der Waals surface area contributed by atoms with Crippen LogP contribution in [0.25, 0.3) is 0 Å². The zero-order valence-corrected chi connectivity index (χ0v) is 19.5. The zero-order valence-electron chi connectivity index (χ0n) is 19.5. The Hall–Kier alpha value is -4.36. The van der Waals surface area contributed by atoms with Gasteiger partial charge in [0.25, 0.3) is 0 Å². The highest BCUT2D eigenvalue weighted by Crippen LogP contribution is 2.40. The van der Waals surface area contributed by atoms with E-state index < -0.39 is 19.1 Å². The predicted molar refractivity (Wildman–Crippen MR) is 129 cm³/mol. The summed E-state index contributed by atoms with van der Waals surface area (Å²) in [5, 5.41) is 8.94. The predicted octanol–water partition coefficient (Wildman–Crippen LogP) is 2.54. The van der Waals surface area contributed by atoms with E-state index in [4.69, 9.17) is 24.0 Å². The van der Waals surface area contributed by atoms with E-state index in [0.717, 1.165) is 24.0 Å². The lowest BCUT2D eigenvalue weighted by atomic mass is 9.78. The van der Waals surface area contributed by atoms with Gasteiger partial charge in [-0.05, 0) is 49.7 Å². The van der Waals surface area contributed by atoms with E-state index in [1.165, 1.54) is 11.1 Å². The van der Waals surface area contributed by atoms with Crippen LogP contribution in [0.3, 0.4) is 0 Å². The van der Waals surface area contributed by atoms with Crippen molar-refractivity contribution in [3.63, 3.8) is 0 Å². The maximum Gasteiger partial charge on any atom is 0.636 e. The molecule has 1 aliphatic heterocycles. The van der Waals surface area contributed by atoms with Crippen molar-refractivity contribution in [2.45, 2.75) is 18.9 Å². The van der Waals surface area contributed by atoms with E-state index in [9.17, 15) is 9.59 Å². The standard InChI is InChI=1S/C26H22BN3O6/c1-30-15-25(31)35-27(36-26(32)16-30)18-6-8-19(9-7-18)33-23-11-10-21-20(23)3-2-4-22(21)34-24-12-5-17(13-28)14-29-24/h2-9,12,14,23H,10-11,15-16H2,1H3/t23-/m1/s1. The molecule has 2 aliphatic rings. The average molecular weight is 483 g/mol. The molecule has 1 aliphatic carbocycles. The molecule has 9 nitrogen and oxygen atoms in total. The van der Waals surface area contributed by atoms with Gasteiger partial charge in [0.15, 0.2) is 0 Å². The second kappa shape index (κ2) is 10.1. The SMILES string of the molecule is CN1CC(=O)OB(c2ccc(O[C@@H]3CCc4c(Oc5ccc(C#N)cn5)cccc43)cc2)OC(=O)C1. The number of nitrogens with zero attached hydrogens (tertiary/aromatic N) is 3. The third-order valence-electron chi connectivity index (χ3n) is 5.96. The highest BCUT2D eigenvalue weighted by Gasteiger charge is 2.34. The topological polar surface area (TPSA) is 111 Å². The average Bonchev–Trinajstić information content (AvgIpc) is 3.27. The molecule has 2 aromatic carbocycles. The van der Waals surface area contributed by atoms with Crippen molar-refractivity contribution in [1.29, 1.82) is 5.26 Å². The monoisotopic (exact) mass is 483 g/mol. The molecule has 0 unspecified atom stereocenters. The van der Waals surface area contributed by atoms with Gasteiger partial charge >= 0.3 is 19.1 Å². The third kappa shape index (κ3) is 5.16. The van der Waals surface area contributed by atoms with Gasteiger partial charge in [-0.1, -0.05) is 24.3 Å². The van der Waals surface area contributed by atoms with Gasteiger partial charge in [-0.15, -0.1) is 0 Å². The largest absolute Gasteiger partial charge is 0.636 e. The van der Waals surface area contributed by atoms with E-state index in [2.05, 4.69) is 4.98 Å². The minimum atomic E-state index is -1.09. The number of hydrogen-bond donors (Lipinski definition) is 0. The first kappa shape index (κ1) is 23.4. The first-order valence-electron chi connectivity index (χ1n) is 11.5. The van der Waals surface area contributed by atoms with Gasteiger partial charge < -0.3 is 18.8 Å². The summed E-state index contributed by atoms with van der Waals surface area (Å²) >= 11 is 0. The van der Waals surface area contributed by atoms with Gasteiger partial charge in [0, 0.05) is 23.3 Å². The Kier molecular flexibility index (Phi) is 6.56. The fourth-order valence-electron chi connectivity index (χ4n) is 4.26. The molecule has 0 bridgehead atoms. The number of rotatable bonds is 5. The number of likely N-dealkylation sites (N-methyl/N-ethyl adjacent to an activating group) is 1. The van der Waals surface area contributed by atoms with Crippen LogP contribution in [0.5, 0.6) is 17.4 Å². The Labute approximate surface area is 208 Å². The summed E-state index contributed by atoms with van der Waals surface area (Å²) in [4.78, 5) is 29.8. The smallest absolute Gasteiger partial charge is 0.494 e. The van der Waals surface area contributed by atoms with E-state index in [1.807, 2.05) is 24.3 Å². The molecule has 0 N–H and O–H groups in total. The second-order valence-electron chi connectivity index (χ2n) is 8.62. The number of pyridine rings is 1. The summed E-state index contributed by atoms with van der Waals surface area (Å²) in [5.41, 5.74) is 3.12. The third-order valence-corrected chi connectivity index (χ3v) is 5.96. The molecule has 1 atom stereocenters. The van der Waals surface area contributed by atoms with Crippen molar-refractivity contribution in [2.75, 3.05) is 20.1 Å². The first-order chi connectivity index (χ1) is 17.5. The Bertz CT molecular complexity index is 1300. The Morgan fingerprint density at radius 1 is 1.06 bits per heavy atom. The van der Waals surface area contributed by atoms with Crippen molar-refractivity contribution >= 4 is 24.5 Å². The summed E-state index contributed by atoms with van der Waals surface area (Å²) in [5.74, 6) is 0.841. The molecule has 36 heavy (non-hydrogen) atoms. The molecule has 0 radical (unpaired) electrons. The van der Waals surface area contributed by atoms with Gasteiger partial charge in [-0.25, -0.2) is 4.98 Å². The van der Waals surface area contributed by atoms with Crippen LogP contribution in [0.2, 0.25) is 0 Å². The van der Waals surface area contributed by atoms with Crippen molar-refractivity contribution in [1.82, 2.24) is 9.88 Å². The van der Waals surface area contributed by atoms with Gasteiger partial charge in [-0.2, -0.15) is 5.26 Å². The van der Waals surface area contributed by atoms with Crippen molar-refractivity contribution in [3.8, 4) is 23.4 Å². The number of hydrogen-bond acceptors (Lipinski definition) is 9. The Morgan fingerprint density at radius 3 is 2.47 bits per heavy atom. The number of carbonyl (C=O) groups excluding carboxylic acids is 2. The molecule has 2 heterocycles. The lowest BCUT2D eigenvalue weighted by Crippen LogP contribution is -2.47. The summed E-state index contributed by atoms with van der Waals surface area (Å²) < 4.78 is 22.9. The Balaban J connectivity index is 1.27. The van der Waals surface area contributed by atoms with Gasteiger partial charge in [0.1, 0.15) is 23.7 Å². The lowest BCUT2D eigenvalue weighted by Gasteiger charge is -2.22. The molecular formula is C26H22BN3O6. The highest BCUT2D eigenvalue weighted by molar-refractivity contribution is 6.64. The van der Waals surface area contributed by atoms with Gasteiger partial charge in [-0.3, -0.25) is 14.5 Å². The minimum Gasteiger partial charge on any atom is -0.494 e. The quantitative estimate of drug-likeness (QED) is 0.506. The highest BCUT2D eigenvalue weighted by atomic mass is 16.6. The molecule has 3 aromatic rings. The van der Waals surface area contributed by atoms with E-state index in [-0.39, 0.29) is 19.2 Å². The summed E-state index contributed by atoms with van der Waals surface area (Å²) in [6, 6.07) is 18.2. The summed E-state index contributed by atoms with van der Waals surface area (Å²) in [6.07, 6.45) is 2.89.